The van der Waals surface area contributed by atoms with Gasteiger partial charge in [0, 0.05) is 6.42 Å². The number of rotatable bonds is 2. The van der Waals surface area contributed by atoms with Crippen LogP contribution in [-0.4, -0.2) is 5.11 Å². The predicted octanol–water partition coefficient (Wildman–Crippen LogP) is 4.59. The molecule has 2 aromatic rings. The van der Waals surface area contributed by atoms with Crippen molar-refractivity contribution in [2.45, 2.75) is 39.5 Å². The minimum Gasteiger partial charge on any atom is -0.507 e. The molecule has 0 aliphatic heterocycles. The molecule has 0 spiro atoms. The average Bonchev–Trinajstić information content (AvgIpc) is 2.33. The molecule has 0 bridgehead atoms. The molecule has 2 rings (SSSR count). The number of hydrogen-bond acceptors (Lipinski definition) is 1. The predicted molar refractivity (Wildman–Crippen MR) is 80.8 cm³/mol. The Morgan fingerprint density at radius 2 is 1.63 bits per heavy atom. The summed E-state index contributed by atoms with van der Waals surface area (Å²) < 4.78 is 0. The molecule has 0 atom stereocenters. The second-order valence-electron chi connectivity index (χ2n) is 6.23. The minimum absolute atomic E-state index is 0.0401. The monoisotopic (exact) mass is 254 g/mol. The molecule has 0 heterocycles. The van der Waals surface area contributed by atoms with Crippen LogP contribution in [0, 0.1) is 6.92 Å². The van der Waals surface area contributed by atoms with Crippen molar-refractivity contribution in [3.63, 3.8) is 0 Å². The van der Waals surface area contributed by atoms with E-state index >= 15 is 0 Å². The topological polar surface area (TPSA) is 20.2 Å². The number of hydrogen-bond donors (Lipinski definition) is 1. The van der Waals surface area contributed by atoms with Crippen molar-refractivity contribution in [2.24, 2.45) is 0 Å². The summed E-state index contributed by atoms with van der Waals surface area (Å²) in [7, 11) is 0. The first-order valence-corrected chi connectivity index (χ1v) is 6.75. The fraction of sp³-hybridized carbons (Fsp3) is 0.333. The molecule has 0 amide bonds. The van der Waals surface area contributed by atoms with E-state index in [4.69, 9.17) is 0 Å². The third kappa shape index (κ3) is 3.17. The van der Waals surface area contributed by atoms with Gasteiger partial charge in [0.05, 0.1) is 0 Å². The van der Waals surface area contributed by atoms with Gasteiger partial charge < -0.3 is 5.11 Å². The zero-order chi connectivity index (χ0) is 14.0. The Morgan fingerprint density at radius 3 is 2.21 bits per heavy atom. The first-order valence-electron chi connectivity index (χ1n) is 6.75. The van der Waals surface area contributed by atoms with Gasteiger partial charge in [0.15, 0.2) is 0 Å². The van der Waals surface area contributed by atoms with Gasteiger partial charge in [0.1, 0.15) is 5.75 Å². The van der Waals surface area contributed by atoms with Crippen LogP contribution in [0.1, 0.15) is 43.0 Å². The third-order valence-electron chi connectivity index (χ3n) is 3.38. The van der Waals surface area contributed by atoms with Gasteiger partial charge in [0.2, 0.25) is 0 Å². The molecule has 19 heavy (non-hydrogen) atoms. The van der Waals surface area contributed by atoms with Crippen LogP contribution in [0.3, 0.4) is 0 Å². The minimum atomic E-state index is -0.0401. The summed E-state index contributed by atoms with van der Waals surface area (Å²) in [6, 6.07) is 14.4. The lowest BCUT2D eigenvalue weighted by atomic mass is 9.83. The van der Waals surface area contributed by atoms with Crippen LogP contribution >= 0.6 is 0 Å². The lowest BCUT2D eigenvalue weighted by Gasteiger charge is -2.23. The molecular formula is C18H22O. The highest BCUT2D eigenvalue weighted by Gasteiger charge is 2.20. The molecule has 0 fully saturated rings. The highest BCUT2D eigenvalue weighted by molar-refractivity contribution is 5.48. The maximum absolute atomic E-state index is 10.5. The van der Waals surface area contributed by atoms with Crippen molar-refractivity contribution in [3.8, 4) is 5.75 Å². The van der Waals surface area contributed by atoms with Crippen molar-refractivity contribution in [2.75, 3.05) is 0 Å². The largest absolute Gasteiger partial charge is 0.507 e. The summed E-state index contributed by atoms with van der Waals surface area (Å²) in [5.74, 6) is 0.446. The molecule has 0 aromatic heterocycles. The van der Waals surface area contributed by atoms with Crippen LogP contribution in [0.2, 0.25) is 0 Å². The molecule has 1 N–H and O–H groups in total. The lowest BCUT2D eigenvalue weighted by molar-refractivity contribution is 0.441. The fourth-order valence-corrected chi connectivity index (χ4v) is 2.38. The third-order valence-corrected chi connectivity index (χ3v) is 3.38. The first-order chi connectivity index (χ1) is 8.88. The summed E-state index contributed by atoms with van der Waals surface area (Å²) in [5.41, 5.74) is 4.42. The molecular weight excluding hydrogens is 232 g/mol. The number of phenolic OH excluding ortho intramolecular Hbond substituents is 1. The van der Waals surface area contributed by atoms with Crippen LogP contribution in [0.25, 0.3) is 0 Å². The van der Waals surface area contributed by atoms with Gasteiger partial charge in [-0.1, -0.05) is 68.8 Å². The highest BCUT2D eigenvalue weighted by atomic mass is 16.3. The van der Waals surface area contributed by atoms with Crippen molar-refractivity contribution in [1.82, 2.24) is 0 Å². The first kappa shape index (κ1) is 13.7. The molecule has 0 saturated carbocycles. The summed E-state index contributed by atoms with van der Waals surface area (Å²) in [6.45, 7) is 8.48. The summed E-state index contributed by atoms with van der Waals surface area (Å²) in [5, 5.41) is 10.5. The van der Waals surface area contributed by atoms with Crippen molar-refractivity contribution < 1.29 is 5.11 Å². The number of phenols is 1. The van der Waals surface area contributed by atoms with E-state index in [0.29, 0.717) is 5.75 Å². The molecule has 0 aliphatic rings. The van der Waals surface area contributed by atoms with Crippen LogP contribution < -0.4 is 0 Å². The molecule has 0 unspecified atom stereocenters. The van der Waals surface area contributed by atoms with E-state index in [1.54, 1.807) is 0 Å². The second kappa shape index (κ2) is 5.08. The van der Waals surface area contributed by atoms with Gasteiger partial charge in [-0.3, -0.25) is 0 Å². The Labute approximate surface area is 115 Å². The van der Waals surface area contributed by atoms with E-state index in [1.807, 2.05) is 18.2 Å². The smallest absolute Gasteiger partial charge is 0.122 e. The lowest BCUT2D eigenvalue weighted by Crippen LogP contribution is -2.12. The highest BCUT2D eigenvalue weighted by Crippen LogP contribution is 2.35. The van der Waals surface area contributed by atoms with E-state index in [2.05, 4.69) is 52.0 Å². The molecule has 1 heteroatoms. The number of aryl methyl sites for hydroxylation is 1. The molecule has 0 saturated heterocycles. The van der Waals surface area contributed by atoms with Crippen molar-refractivity contribution in [3.05, 3.63) is 64.7 Å². The summed E-state index contributed by atoms with van der Waals surface area (Å²) >= 11 is 0. The van der Waals surface area contributed by atoms with E-state index < -0.39 is 0 Å². The Morgan fingerprint density at radius 1 is 1.00 bits per heavy atom. The van der Waals surface area contributed by atoms with Gasteiger partial charge >= 0.3 is 0 Å². The van der Waals surface area contributed by atoms with Crippen LogP contribution in [0.15, 0.2) is 42.5 Å². The van der Waals surface area contributed by atoms with Gasteiger partial charge in [0.25, 0.3) is 0 Å². The molecule has 0 radical (unpaired) electrons. The quantitative estimate of drug-likeness (QED) is 0.831. The Hall–Kier alpha value is -1.76. The Bertz CT molecular complexity index is 562. The summed E-state index contributed by atoms with van der Waals surface area (Å²) in [4.78, 5) is 0. The van der Waals surface area contributed by atoms with Crippen LogP contribution in [0.4, 0.5) is 0 Å². The van der Waals surface area contributed by atoms with Gasteiger partial charge in [-0.25, -0.2) is 0 Å². The summed E-state index contributed by atoms with van der Waals surface area (Å²) in [6.07, 6.45) is 0.775. The van der Waals surface area contributed by atoms with Crippen LogP contribution in [0.5, 0.6) is 5.75 Å². The molecule has 1 nitrogen and oxygen atoms in total. The maximum atomic E-state index is 10.5. The van der Waals surface area contributed by atoms with E-state index in [0.717, 1.165) is 17.5 Å². The second-order valence-corrected chi connectivity index (χ2v) is 6.23. The van der Waals surface area contributed by atoms with E-state index in [9.17, 15) is 5.11 Å². The number of aromatic hydroxyl groups is 1. The van der Waals surface area contributed by atoms with E-state index in [1.165, 1.54) is 11.1 Å². The zero-order valence-electron chi connectivity index (χ0n) is 12.2. The van der Waals surface area contributed by atoms with Gasteiger partial charge in [-0.2, -0.15) is 0 Å². The standard InChI is InChI=1S/C18H22O/c1-13-10-15(12-14-8-6-5-7-9-14)17(19)16(11-13)18(2,3)4/h5-11,19H,12H2,1-4H3. The normalized spacial score (nSPS) is 11.6. The van der Waals surface area contributed by atoms with E-state index in [-0.39, 0.29) is 5.41 Å². The zero-order valence-corrected chi connectivity index (χ0v) is 12.2. The van der Waals surface area contributed by atoms with Gasteiger partial charge in [-0.05, 0) is 29.0 Å². The Balaban J connectivity index is 2.44. The Kier molecular flexibility index (Phi) is 3.66. The molecule has 100 valence electrons. The fourth-order valence-electron chi connectivity index (χ4n) is 2.38. The number of benzene rings is 2. The molecule has 0 aliphatic carbocycles. The maximum Gasteiger partial charge on any atom is 0.122 e. The van der Waals surface area contributed by atoms with Gasteiger partial charge in [-0.15, -0.1) is 0 Å². The van der Waals surface area contributed by atoms with Crippen LogP contribution in [-0.2, 0) is 11.8 Å². The SMILES string of the molecule is Cc1cc(Cc2ccccc2)c(O)c(C(C)(C)C)c1. The molecule has 2 aromatic carbocycles. The average molecular weight is 254 g/mol. The van der Waals surface area contributed by atoms with Crippen molar-refractivity contribution in [1.29, 1.82) is 0 Å². The van der Waals surface area contributed by atoms with Crippen molar-refractivity contribution >= 4 is 0 Å².